The zero-order chi connectivity index (χ0) is 20.9. The monoisotopic (exact) mass is 435 g/mol. The number of carbonyl (C=O) groups is 1. The van der Waals surface area contributed by atoms with Crippen molar-refractivity contribution < 1.29 is 9.53 Å². The summed E-state index contributed by atoms with van der Waals surface area (Å²) in [6.45, 7) is 3.73. The molecule has 2 atom stereocenters. The van der Waals surface area contributed by atoms with Crippen molar-refractivity contribution in [2.24, 2.45) is 5.92 Å². The number of ether oxygens (including phenoxy) is 1. The van der Waals surface area contributed by atoms with Crippen LogP contribution in [-0.4, -0.2) is 53.2 Å². The third-order valence-electron chi connectivity index (χ3n) is 7.13. The van der Waals surface area contributed by atoms with E-state index >= 15 is 0 Å². The minimum absolute atomic E-state index is 0.00906. The maximum atomic E-state index is 13.4. The van der Waals surface area contributed by atoms with Crippen molar-refractivity contribution in [3.8, 4) is 0 Å². The van der Waals surface area contributed by atoms with Gasteiger partial charge in [-0.05, 0) is 67.1 Å². The number of fused-ring (bicyclic) bond motifs is 5. The summed E-state index contributed by atoms with van der Waals surface area (Å²) >= 11 is 1.21. The van der Waals surface area contributed by atoms with Crippen LogP contribution in [0.15, 0.2) is 47.3 Å². The smallest absolute Gasteiger partial charge is 0.410 e. The van der Waals surface area contributed by atoms with Crippen LogP contribution in [0.5, 0.6) is 0 Å². The Hall–Kier alpha value is -2.64. The van der Waals surface area contributed by atoms with Crippen molar-refractivity contribution in [2.45, 2.75) is 31.4 Å². The molecule has 7 rings (SSSR count). The lowest BCUT2D eigenvalue weighted by molar-refractivity contribution is -0.0462. The molecule has 1 N–H and O–H groups in total. The van der Waals surface area contributed by atoms with Gasteiger partial charge >= 0.3 is 11.0 Å². The van der Waals surface area contributed by atoms with Gasteiger partial charge in [-0.1, -0.05) is 41.7 Å². The standard InChI is InChI=1S/C24H25N3O3S/c28-23-25-19-6-5-17(13-21(19)31-23)22-18-4-2-1-3-15(18)9-12-27(22)24(29)30-20-14-26-10-7-16(20)8-11-26/h1-6,13,16,20,22H,7-12,14H2,(H,25,28)/t20-,22+/m1/s1. The second kappa shape index (κ2) is 7.50. The van der Waals surface area contributed by atoms with Crippen LogP contribution in [0.1, 0.15) is 35.6 Å². The number of nitrogens with one attached hydrogen (secondary N) is 1. The number of H-pyrrole nitrogens is 1. The Balaban J connectivity index is 1.35. The number of benzene rings is 2. The molecule has 4 aliphatic heterocycles. The second-order valence-corrected chi connectivity index (χ2v) is 9.89. The van der Waals surface area contributed by atoms with Gasteiger partial charge in [-0.2, -0.15) is 0 Å². The van der Waals surface area contributed by atoms with Crippen LogP contribution >= 0.6 is 11.3 Å². The Morgan fingerprint density at radius 1 is 1.10 bits per heavy atom. The highest BCUT2D eigenvalue weighted by atomic mass is 32.1. The molecule has 0 unspecified atom stereocenters. The highest BCUT2D eigenvalue weighted by molar-refractivity contribution is 7.16. The zero-order valence-corrected chi connectivity index (χ0v) is 18.1. The normalized spacial score (nSPS) is 27.3. The van der Waals surface area contributed by atoms with Crippen molar-refractivity contribution in [1.29, 1.82) is 0 Å². The van der Waals surface area contributed by atoms with Gasteiger partial charge in [0.1, 0.15) is 6.10 Å². The molecule has 2 bridgehead atoms. The SMILES string of the molecule is O=C(O[C@@H]1CN2CCC1CC2)N1CCc2ccccc2[C@@H]1c1ccc2[nH]c(=O)sc2c1. The first kappa shape index (κ1) is 19.1. The maximum Gasteiger partial charge on any atom is 0.410 e. The lowest BCUT2D eigenvalue weighted by atomic mass is 9.86. The van der Waals surface area contributed by atoms with Gasteiger partial charge in [0.2, 0.25) is 0 Å². The highest BCUT2D eigenvalue weighted by Crippen LogP contribution is 2.38. The first-order valence-corrected chi connectivity index (χ1v) is 11.9. The summed E-state index contributed by atoms with van der Waals surface area (Å²) in [5.41, 5.74) is 4.26. The largest absolute Gasteiger partial charge is 0.444 e. The molecule has 3 aromatic rings. The van der Waals surface area contributed by atoms with E-state index in [1.165, 1.54) is 16.9 Å². The number of aromatic amines is 1. The summed E-state index contributed by atoms with van der Waals surface area (Å²) in [6.07, 6.45) is 2.83. The van der Waals surface area contributed by atoms with Crippen LogP contribution in [0, 0.1) is 5.92 Å². The lowest BCUT2D eigenvalue weighted by Gasteiger charge is -2.45. The maximum absolute atomic E-state index is 13.4. The first-order valence-electron chi connectivity index (χ1n) is 11.1. The molecule has 6 nitrogen and oxygen atoms in total. The number of nitrogens with zero attached hydrogens (tertiary/aromatic N) is 2. The molecule has 0 saturated carbocycles. The van der Waals surface area contributed by atoms with E-state index in [-0.39, 0.29) is 23.1 Å². The predicted octanol–water partition coefficient (Wildman–Crippen LogP) is 3.77. The summed E-state index contributed by atoms with van der Waals surface area (Å²) in [7, 11) is 0. The third-order valence-corrected chi connectivity index (χ3v) is 7.97. The lowest BCUT2D eigenvalue weighted by Crippen LogP contribution is -2.53. The van der Waals surface area contributed by atoms with Crippen LogP contribution in [0.2, 0.25) is 0 Å². The van der Waals surface area contributed by atoms with E-state index in [9.17, 15) is 9.59 Å². The molecule has 0 aliphatic carbocycles. The molecule has 3 fully saturated rings. The number of amides is 1. The van der Waals surface area contributed by atoms with Crippen molar-refractivity contribution in [2.75, 3.05) is 26.2 Å². The average molecular weight is 436 g/mol. The number of hydrogen-bond donors (Lipinski definition) is 1. The molecule has 1 amide bonds. The van der Waals surface area contributed by atoms with E-state index in [0.29, 0.717) is 12.5 Å². The molecular weight excluding hydrogens is 410 g/mol. The van der Waals surface area contributed by atoms with Gasteiger partial charge in [-0.3, -0.25) is 14.6 Å². The Morgan fingerprint density at radius 2 is 1.94 bits per heavy atom. The second-order valence-electron chi connectivity index (χ2n) is 8.88. The summed E-state index contributed by atoms with van der Waals surface area (Å²) < 4.78 is 7.03. The minimum atomic E-state index is -0.222. The molecular formula is C24H25N3O3S. The van der Waals surface area contributed by atoms with Crippen molar-refractivity contribution in [3.63, 3.8) is 0 Å². The minimum Gasteiger partial charge on any atom is -0.444 e. The number of hydrogen-bond acceptors (Lipinski definition) is 5. The number of piperidine rings is 3. The topological polar surface area (TPSA) is 65.6 Å². The summed E-state index contributed by atoms with van der Waals surface area (Å²) in [5, 5.41) is 0. The van der Waals surface area contributed by atoms with E-state index in [2.05, 4.69) is 28.1 Å². The van der Waals surface area contributed by atoms with Crippen molar-refractivity contribution in [3.05, 3.63) is 68.8 Å². The fourth-order valence-corrected chi connectivity index (χ4v) is 6.28. The summed E-state index contributed by atoms with van der Waals surface area (Å²) in [5.74, 6) is 0.484. The molecule has 0 spiro atoms. The molecule has 7 heteroatoms. The fourth-order valence-electron chi connectivity index (χ4n) is 5.50. The molecule has 0 radical (unpaired) electrons. The fraction of sp³-hybridized carbons (Fsp3) is 0.417. The average Bonchev–Trinajstić information content (AvgIpc) is 3.18. The van der Waals surface area contributed by atoms with Gasteiger partial charge in [-0.25, -0.2) is 4.79 Å². The molecule has 1 aromatic heterocycles. The zero-order valence-electron chi connectivity index (χ0n) is 17.3. The van der Waals surface area contributed by atoms with Crippen molar-refractivity contribution in [1.82, 2.24) is 14.8 Å². The molecule has 5 heterocycles. The molecule has 160 valence electrons. The Bertz CT molecular complexity index is 1190. The van der Waals surface area contributed by atoms with Gasteiger partial charge in [0.25, 0.3) is 0 Å². The van der Waals surface area contributed by atoms with Crippen molar-refractivity contribution >= 4 is 27.6 Å². The molecule has 3 saturated heterocycles. The Kier molecular flexibility index (Phi) is 4.61. The van der Waals surface area contributed by atoms with E-state index in [4.69, 9.17) is 4.74 Å². The Labute approximate surface area is 184 Å². The first-order chi connectivity index (χ1) is 15.2. The summed E-state index contributed by atoms with van der Waals surface area (Å²) in [6, 6.07) is 14.1. The van der Waals surface area contributed by atoms with Crippen LogP contribution in [-0.2, 0) is 11.2 Å². The van der Waals surface area contributed by atoms with Crippen LogP contribution < -0.4 is 4.87 Å². The van der Waals surface area contributed by atoms with Crippen LogP contribution in [0.4, 0.5) is 4.79 Å². The molecule has 31 heavy (non-hydrogen) atoms. The van der Waals surface area contributed by atoms with E-state index in [0.717, 1.165) is 60.2 Å². The quantitative estimate of drug-likeness (QED) is 0.666. The van der Waals surface area contributed by atoms with Gasteiger partial charge in [0.15, 0.2) is 0 Å². The van der Waals surface area contributed by atoms with E-state index in [1.807, 2.05) is 29.2 Å². The summed E-state index contributed by atoms with van der Waals surface area (Å²) in [4.78, 5) is 32.3. The van der Waals surface area contributed by atoms with E-state index < -0.39 is 0 Å². The predicted molar refractivity (Wildman–Crippen MR) is 121 cm³/mol. The third kappa shape index (κ3) is 3.36. The number of aromatic nitrogens is 1. The number of rotatable bonds is 2. The highest BCUT2D eigenvalue weighted by Gasteiger charge is 2.39. The van der Waals surface area contributed by atoms with Gasteiger partial charge < -0.3 is 9.72 Å². The van der Waals surface area contributed by atoms with Crippen LogP contribution in [0.25, 0.3) is 10.2 Å². The van der Waals surface area contributed by atoms with Crippen LogP contribution in [0.3, 0.4) is 0 Å². The Morgan fingerprint density at radius 3 is 2.74 bits per heavy atom. The van der Waals surface area contributed by atoms with E-state index in [1.54, 1.807) is 0 Å². The van der Waals surface area contributed by atoms with Gasteiger partial charge in [0, 0.05) is 13.1 Å². The molecule has 4 aliphatic rings. The van der Waals surface area contributed by atoms with Gasteiger partial charge in [0.05, 0.1) is 16.3 Å². The number of thiazole rings is 1. The van der Waals surface area contributed by atoms with Gasteiger partial charge in [-0.15, -0.1) is 0 Å². The molecule has 2 aromatic carbocycles. The number of carbonyl (C=O) groups excluding carboxylic acids is 1.